The molecule has 4 aromatic heterocycles. The number of benzene rings is 10. The quantitative estimate of drug-likeness (QED) is 0.160. The van der Waals surface area contributed by atoms with Crippen LogP contribution in [0.5, 0.6) is 0 Å². The van der Waals surface area contributed by atoms with Crippen LogP contribution in [0.3, 0.4) is 0 Å². The molecular formula is C63H39N5O. The molecule has 0 bridgehead atoms. The van der Waals surface area contributed by atoms with Crippen LogP contribution in [-0.4, -0.2) is 24.1 Å². The Morgan fingerprint density at radius 1 is 0.304 bits per heavy atom. The lowest BCUT2D eigenvalue weighted by Gasteiger charge is -2.13. The van der Waals surface area contributed by atoms with Crippen LogP contribution < -0.4 is 0 Å². The van der Waals surface area contributed by atoms with Gasteiger partial charge in [0.05, 0.1) is 22.1 Å². The van der Waals surface area contributed by atoms with Crippen LogP contribution in [0.4, 0.5) is 0 Å². The lowest BCUT2D eigenvalue weighted by atomic mass is 9.96. The van der Waals surface area contributed by atoms with E-state index in [0.717, 1.165) is 99.6 Å². The standard InChI is InChI=1S/C63H39N5O/c1-4-17-40(18-5-1)41-31-33-43(34-32-41)62-64-61(42-19-6-2-7-20-42)65-63(66-62)45-21-16-24-47(37-45)68-55-29-14-11-27-51(55)58-52(39-53-50-26-12-15-30-57(50)69-60(53)59(58)68)44-35-36-49-48-25-10-13-28-54(48)67(56(49)38-44)46-22-8-3-9-23-46/h1-39H. The number of fused-ring (bicyclic) bond motifs is 10. The van der Waals surface area contributed by atoms with E-state index in [4.69, 9.17) is 19.4 Å². The van der Waals surface area contributed by atoms with E-state index in [0.29, 0.717) is 17.5 Å². The van der Waals surface area contributed by atoms with Gasteiger partial charge >= 0.3 is 0 Å². The molecule has 0 spiro atoms. The molecule has 0 aliphatic heterocycles. The summed E-state index contributed by atoms with van der Waals surface area (Å²) < 4.78 is 11.7. The van der Waals surface area contributed by atoms with Gasteiger partial charge < -0.3 is 13.6 Å². The summed E-state index contributed by atoms with van der Waals surface area (Å²) in [6.07, 6.45) is 0. The molecule has 0 amide bonds. The van der Waals surface area contributed by atoms with Crippen molar-refractivity contribution in [2.45, 2.75) is 0 Å². The maximum absolute atomic E-state index is 6.96. The van der Waals surface area contributed by atoms with Crippen molar-refractivity contribution in [1.82, 2.24) is 24.1 Å². The van der Waals surface area contributed by atoms with Crippen molar-refractivity contribution in [3.63, 3.8) is 0 Å². The average Bonchev–Trinajstić information content (AvgIpc) is 4.09. The fourth-order valence-electron chi connectivity index (χ4n) is 10.4. The van der Waals surface area contributed by atoms with Gasteiger partial charge in [0.2, 0.25) is 0 Å². The summed E-state index contributed by atoms with van der Waals surface area (Å²) in [5, 5.41) is 6.82. The molecular weight excluding hydrogens is 843 g/mol. The lowest BCUT2D eigenvalue weighted by Crippen LogP contribution is -2.01. The first kappa shape index (κ1) is 38.8. The molecule has 0 saturated carbocycles. The third-order valence-corrected chi connectivity index (χ3v) is 13.6. The van der Waals surface area contributed by atoms with Crippen LogP contribution in [0, 0.1) is 0 Å². The van der Waals surface area contributed by atoms with Crippen LogP contribution in [0.25, 0.3) is 133 Å². The Morgan fingerprint density at radius 3 is 1.55 bits per heavy atom. The Kier molecular flexibility index (Phi) is 8.79. The number of hydrogen-bond donors (Lipinski definition) is 0. The van der Waals surface area contributed by atoms with Crippen molar-refractivity contribution in [1.29, 1.82) is 0 Å². The zero-order valence-corrected chi connectivity index (χ0v) is 37.2. The third kappa shape index (κ3) is 6.30. The Labute approximate surface area is 396 Å². The molecule has 0 N–H and O–H groups in total. The van der Waals surface area contributed by atoms with E-state index in [1.807, 2.05) is 42.5 Å². The van der Waals surface area contributed by atoms with Gasteiger partial charge in [0.15, 0.2) is 23.1 Å². The summed E-state index contributed by atoms with van der Waals surface area (Å²) in [5.74, 6) is 1.81. The molecule has 0 unspecified atom stereocenters. The minimum Gasteiger partial charge on any atom is -0.454 e. The number of para-hydroxylation sites is 4. The smallest absolute Gasteiger partial charge is 0.164 e. The highest BCUT2D eigenvalue weighted by atomic mass is 16.3. The summed E-state index contributed by atoms with van der Waals surface area (Å²) in [7, 11) is 0. The first-order valence-corrected chi connectivity index (χ1v) is 23.3. The number of aromatic nitrogens is 5. The molecule has 0 radical (unpaired) electrons. The van der Waals surface area contributed by atoms with Crippen molar-refractivity contribution in [3.05, 3.63) is 237 Å². The van der Waals surface area contributed by atoms with Gasteiger partial charge in [-0.1, -0.05) is 182 Å². The maximum Gasteiger partial charge on any atom is 0.164 e. The SMILES string of the molecule is c1ccc(-c2ccc(-c3nc(-c4ccccc4)nc(-c4cccc(-n5c6ccccc6c6c(-c7ccc8c9ccccc9n(-c9ccccc9)c8c7)cc7c8ccccc8oc7c65)c4)n3)cc2)cc1. The molecule has 6 heteroatoms. The zero-order chi connectivity index (χ0) is 45.4. The van der Waals surface area contributed by atoms with Gasteiger partial charge in [-0.05, 0) is 76.9 Å². The molecule has 10 aromatic carbocycles. The molecule has 0 aliphatic rings. The number of nitrogens with zero attached hydrogens (tertiary/aromatic N) is 5. The van der Waals surface area contributed by atoms with E-state index in [1.54, 1.807) is 0 Å². The van der Waals surface area contributed by atoms with Crippen LogP contribution in [0.1, 0.15) is 0 Å². The fourth-order valence-corrected chi connectivity index (χ4v) is 10.4. The summed E-state index contributed by atoms with van der Waals surface area (Å²) in [4.78, 5) is 15.4. The van der Waals surface area contributed by atoms with Crippen molar-refractivity contribution in [2.75, 3.05) is 0 Å². The van der Waals surface area contributed by atoms with E-state index in [2.05, 4.69) is 203 Å². The summed E-state index contributed by atoms with van der Waals surface area (Å²) in [6, 6.07) is 83.3. The van der Waals surface area contributed by atoms with Gasteiger partial charge in [0.1, 0.15) is 5.58 Å². The van der Waals surface area contributed by atoms with E-state index in [1.165, 1.54) is 16.3 Å². The van der Waals surface area contributed by atoms with Crippen molar-refractivity contribution >= 4 is 65.6 Å². The summed E-state index contributed by atoms with van der Waals surface area (Å²) in [6.45, 7) is 0. The normalized spacial score (nSPS) is 11.8. The van der Waals surface area contributed by atoms with Crippen LogP contribution in [-0.2, 0) is 0 Å². The van der Waals surface area contributed by atoms with Crippen LogP contribution >= 0.6 is 0 Å². The minimum absolute atomic E-state index is 0.588. The third-order valence-electron chi connectivity index (χ3n) is 13.6. The average molecular weight is 882 g/mol. The van der Waals surface area contributed by atoms with Crippen LogP contribution in [0.15, 0.2) is 241 Å². The zero-order valence-electron chi connectivity index (χ0n) is 37.2. The van der Waals surface area contributed by atoms with Gasteiger partial charge in [0.25, 0.3) is 0 Å². The Balaban J connectivity index is 1.00. The molecule has 0 fully saturated rings. The molecule has 0 saturated heterocycles. The van der Waals surface area contributed by atoms with E-state index in [9.17, 15) is 0 Å². The number of furan rings is 1. The van der Waals surface area contributed by atoms with Gasteiger partial charge in [-0.2, -0.15) is 0 Å². The molecule has 0 atom stereocenters. The molecule has 322 valence electrons. The second kappa shape index (κ2) is 15.6. The van der Waals surface area contributed by atoms with E-state index < -0.39 is 0 Å². The fraction of sp³-hybridized carbons (Fsp3) is 0. The number of hydrogen-bond acceptors (Lipinski definition) is 4. The molecule has 4 heterocycles. The largest absolute Gasteiger partial charge is 0.454 e. The first-order valence-electron chi connectivity index (χ1n) is 23.3. The second-order valence-corrected chi connectivity index (χ2v) is 17.6. The lowest BCUT2D eigenvalue weighted by molar-refractivity contribution is 0.671. The topological polar surface area (TPSA) is 61.7 Å². The summed E-state index contributed by atoms with van der Waals surface area (Å²) >= 11 is 0. The van der Waals surface area contributed by atoms with Gasteiger partial charge in [-0.15, -0.1) is 0 Å². The molecule has 6 nitrogen and oxygen atoms in total. The van der Waals surface area contributed by atoms with Gasteiger partial charge in [-0.25, -0.2) is 15.0 Å². The molecule has 69 heavy (non-hydrogen) atoms. The second-order valence-electron chi connectivity index (χ2n) is 17.6. The van der Waals surface area contributed by atoms with E-state index in [-0.39, 0.29) is 0 Å². The molecule has 0 aliphatic carbocycles. The predicted octanol–water partition coefficient (Wildman–Crippen LogP) is 16.3. The Hall–Kier alpha value is -9.39. The monoisotopic (exact) mass is 881 g/mol. The van der Waals surface area contributed by atoms with Crippen molar-refractivity contribution in [3.8, 4) is 67.8 Å². The Bertz CT molecular complexity index is 4280. The van der Waals surface area contributed by atoms with Crippen LogP contribution in [0.2, 0.25) is 0 Å². The molecule has 14 aromatic rings. The van der Waals surface area contributed by atoms with Gasteiger partial charge in [-0.3, -0.25) is 0 Å². The predicted molar refractivity (Wildman–Crippen MR) is 283 cm³/mol. The van der Waals surface area contributed by atoms with Gasteiger partial charge in [0, 0.05) is 60.4 Å². The highest BCUT2D eigenvalue weighted by molar-refractivity contribution is 6.26. The minimum atomic E-state index is 0.588. The summed E-state index contributed by atoms with van der Waals surface area (Å²) in [5.41, 5.74) is 15.4. The maximum atomic E-state index is 6.96. The highest BCUT2D eigenvalue weighted by Crippen LogP contribution is 2.46. The first-order chi connectivity index (χ1) is 34.2. The van der Waals surface area contributed by atoms with Crippen molar-refractivity contribution < 1.29 is 4.42 Å². The molecule has 14 rings (SSSR count). The van der Waals surface area contributed by atoms with E-state index >= 15 is 0 Å². The Morgan fingerprint density at radius 2 is 0.812 bits per heavy atom. The number of rotatable bonds is 7. The van der Waals surface area contributed by atoms with Crippen molar-refractivity contribution in [2.24, 2.45) is 0 Å². The highest BCUT2D eigenvalue weighted by Gasteiger charge is 2.24.